The van der Waals surface area contributed by atoms with Crippen LogP contribution in [0.3, 0.4) is 0 Å². The molecule has 0 N–H and O–H groups in total. The number of hydrogen-bond acceptors (Lipinski definition) is 4. The van der Waals surface area contributed by atoms with Gasteiger partial charge in [-0.1, -0.05) is 29.8 Å². The van der Waals surface area contributed by atoms with Crippen molar-refractivity contribution in [2.75, 3.05) is 13.1 Å². The van der Waals surface area contributed by atoms with Gasteiger partial charge in [0.15, 0.2) is 0 Å². The van der Waals surface area contributed by atoms with Crippen molar-refractivity contribution in [2.45, 2.75) is 25.9 Å². The molecule has 158 valence electrons. The molecule has 1 saturated heterocycles. The van der Waals surface area contributed by atoms with Crippen molar-refractivity contribution >= 4 is 5.91 Å². The Balaban J connectivity index is 1.43. The van der Waals surface area contributed by atoms with Crippen molar-refractivity contribution in [3.63, 3.8) is 0 Å². The second kappa shape index (κ2) is 7.30. The molecule has 2 aliphatic heterocycles. The SMILES string of the molecule is Cc1ccc(Cn2nc3n(c(=O)c2=O)C[C@@H]2CN(C(=O)c4ccc(F)cc4)C[C@@H]32)cc1. The van der Waals surface area contributed by atoms with Gasteiger partial charge >= 0.3 is 11.1 Å². The van der Waals surface area contributed by atoms with Gasteiger partial charge in [0.2, 0.25) is 0 Å². The largest absolute Gasteiger partial charge is 0.338 e. The molecule has 1 aromatic heterocycles. The molecule has 0 unspecified atom stereocenters. The molecule has 3 heterocycles. The van der Waals surface area contributed by atoms with Gasteiger partial charge in [0.05, 0.1) is 6.54 Å². The Morgan fingerprint density at radius 2 is 1.71 bits per heavy atom. The maximum atomic E-state index is 13.2. The van der Waals surface area contributed by atoms with Crippen molar-refractivity contribution in [3.8, 4) is 0 Å². The Bertz CT molecular complexity index is 1280. The van der Waals surface area contributed by atoms with Crippen molar-refractivity contribution in [1.29, 1.82) is 0 Å². The quantitative estimate of drug-likeness (QED) is 0.605. The fourth-order valence-electron chi connectivity index (χ4n) is 4.50. The number of likely N-dealkylation sites (tertiary alicyclic amines) is 1. The Hall–Kier alpha value is -3.55. The summed E-state index contributed by atoms with van der Waals surface area (Å²) in [6, 6.07) is 13.2. The van der Waals surface area contributed by atoms with Crippen LogP contribution in [0.2, 0.25) is 0 Å². The molecular weight excluding hydrogens is 399 g/mol. The van der Waals surface area contributed by atoms with Gasteiger partial charge in [-0.25, -0.2) is 9.07 Å². The van der Waals surface area contributed by atoms with E-state index in [0.29, 0.717) is 31.0 Å². The summed E-state index contributed by atoms with van der Waals surface area (Å²) in [6.45, 7) is 3.46. The predicted octanol–water partition coefficient (Wildman–Crippen LogP) is 1.77. The number of halogens is 1. The first-order valence-corrected chi connectivity index (χ1v) is 10.2. The average molecular weight is 420 g/mol. The molecule has 0 radical (unpaired) electrons. The van der Waals surface area contributed by atoms with Crippen LogP contribution in [0.25, 0.3) is 0 Å². The third-order valence-electron chi connectivity index (χ3n) is 6.18. The zero-order chi connectivity index (χ0) is 21.7. The van der Waals surface area contributed by atoms with Crippen LogP contribution in [0.15, 0.2) is 58.1 Å². The van der Waals surface area contributed by atoms with Gasteiger partial charge in [-0.2, -0.15) is 5.10 Å². The topological polar surface area (TPSA) is 77.2 Å². The third kappa shape index (κ3) is 3.37. The lowest BCUT2D eigenvalue weighted by molar-refractivity contribution is 0.0783. The standard InChI is InChI=1S/C23H21FN4O3/c1-14-2-4-15(5-3-14)10-28-23(31)22(30)27-12-17-11-26(13-19(17)20(27)25-28)21(29)16-6-8-18(24)9-7-16/h2-9,17,19H,10-13H2,1H3/t17-,19+/m0/s1. The minimum atomic E-state index is -0.636. The van der Waals surface area contributed by atoms with Crippen LogP contribution in [0.4, 0.5) is 4.39 Å². The molecule has 3 aromatic rings. The van der Waals surface area contributed by atoms with E-state index in [-0.39, 0.29) is 30.1 Å². The van der Waals surface area contributed by atoms with Crippen LogP contribution < -0.4 is 11.1 Å². The van der Waals surface area contributed by atoms with E-state index in [9.17, 15) is 18.8 Å². The molecule has 0 saturated carbocycles. The van der Waals surface area contributed by atoms with E-state index >= 15 is 0 Å². The highest BCUT2D eigenvalue weighted by molar-refractivity contribution is 5.94. The molecule has 31 heavy (non-hydrogen) atoms. The van der Waals surface area contributed by atoms with E-state index in [2.05, 4.69) is 5.10 Å². The van der Waals surface area contributed by atoms with Gasteiger partial charge < -0.3 is 4.90 Å². The highest BCUT2D eigenvalue weighted by Gasteiger charge is 2.44. The number of carbonyl (C=O) groups is 1. The number of aryl methyl sites for hydroxylation is 1. The molecule has 8 heteroatoms. The van der Waals surface area contributed by atoms with E-state index in [1.807, 2.05) is 31.2 Å². The molecule has 2 atom stereocenters. The lowest BCUT2D eigenvalue weighted by Crippen LogP contribution is -2.44. The fraction of sp³-hybridized carbons (Fsp3) is 0.304. The van der Waals surface area contributed by atoms with Gasteiger partial charge in [-0.05, 0) is 36.8 Å². The molecule has 7 nitrogen and oxygen atoms in total. The number of carbonyl (C=O) groups excluding carboxylic acids is 1. The minimum absolute atomic E-state index is 0.0271. The van der Waals surface area contributed by atoms with Crippen LogP contribution in [0.5, 0.6) is 0 Å². The van der Waals surface area contributed by atoms with Gasteiger partial charge in [0.1, 0.15) is 11.6 Å². The molecule has 1 fully saturated rings. The summed E-state index contributed by atoms with van der Waals surface area (Å²) in [4.78, 5) is 39.8. The highest BCUT2D eigenvalue weighted by atomic mass is 19.1. The van der Waals surface area contributed by atoms with Gasteiger partial charge in [-0.15, -0.1) is 0 Å². The number of nitrogens with zero attached hydrogens (tertiary/aromatic N) is 4. The van der Waals surface area contributed by atoms with Gasteiger partial charge in [-0.3, -0.25) is 19.0 Å². The van der Waals surface area contributed by atoms with Crippen LogP contribution in [-0.4, -0.2) is 38.2 Å². The molecule has 1 amide bonds. The molecular formula is C23H21FN4O3. The van der Waals surface area contributed by atoms with Crippen LogP contribution >= 0.6 is 0 Å². The first-order valence-electron chi connectivity index (χ1n) is 10.2. The van der Waals surface area contributed by atoms with Gasteiger partial charge in [0.25, 0.3) is 5.91 Å². The first kappa shape index (κ1) is 19.4. The molecule has 2 aliphatic rings. The van der Waals surface area contributed by atoms with Gasteiger partial charge in [0, 0.05) is 37.0 Å². The Morgan fingerprint density at radius 3 is 2.42 bits per heavy atom. The van der Waals surface area contributed by atoms with E-state index in [1.54, 1.807) is 4.90 Å². The number of aromatic nitrogens is 3. The average Bonchev–Trinajstić information content (AvgIpc) is 3.32. The summed E-state index contributed by atoms with van der Waals surface area (Å²) >= 11 is 0. The minimum Gasteiger partial charge on any atom is -0.338 e. The molecule has 5 rings (SSSR count). The predicted molar refractivity (Wildman–Crippen MR) is 112 cm³/mol. The number of amides is 1. The van der Waals surface area contributed by atoms with E-state index < -0.39 is 11.1 Å². The second-order valence-electron chi connectivity index (χ2n) is 8.31. The van der Waals surface area contributed by atoms with Crippen LogP contribution in [0.1, 0.15) is 33.2 Å². The Morgan fingerprint density at radius 1 is 1.00 bits per heavy atom. The molecule has 2 aromatic carbocycles. The third-order valence-corrected chi connectivity index (χ3v) is 6.18. The summed E-state index contributed by atoms with van der Waals surface area (Å²) in [5.74, 6) is -0.0903. The summed E-state index contributed by atoms with van der Waals surface area (Å²) in [6.07, 6.45) is 0. The zero-order valence-corrected chi connectivity index (χ0v) is 17.0. The monoisotopic (exact) mass is 420 g/mol. The number of rotatable bonds is 3. The van der Waals surface area contributed by atoms with E-state index in [1.165, 1.54) is 33.5 Å². The van der Waals surface area contributed by atoms with E-state index in [4.69, 9.17) is 0 Å². The normalized spacial score (nSPS) is 19.4. The number of hydrogen-bond donors (Lipinski definition) is 0. The van der Waals surface area contributed by atoms with Crippen molar-refractivity contribution in [1.82, 2.24) is 19.2 Å². The highest BCUT2D eigenvalue weighted by Crippen LogP contribution is 2.37. The van der Waals surface area contributed by atoms with Crippen molar-refractivity contribution < 1.29 is 9.18 Å². The molecule has 0 spiro atoms. The number of benzene rings is 2. The van der Waals surface area contributed by atoms with Crippen molar-refractivity contribution in [3.05, 3.63) is 97.6 Å². The fourth-order valence-corrected chi connectivity index (χ4v) is 4.50. The maximum absolute atomic E-state index is 13.2. The van der Waals surface area contributed by atoms with Crippen LogP contribution in [0, 0.1) is 18.7 Å². The maximum Gasteiger partial charge on any atom is 0.332 e. The smallest absolute Gasteiger partial charge is 0.332 e. The zero-order valence-electron chi connectivity index (χ0n) is 17.0. The summed E-state index contributed by atoms with van der Waals surface area (Å²) in [7, 11) is 0. The Labute approximate surface area is 177 Å². The summed E-state index contributed by atoms with van der Waals surface area (Å²) in [5, 5.41) is 4.53. The lowest BCUT2D eigenvalue weighted by Gasteiger charge is -2.18. The summed E-state index contributed by atoms with van der Waals surface area (Å²) in [5.41, 5.74) is 1.22. The first-order chi connectivity index (χ1) is 14.9. The summed E-state index contributed by atoms with van der Waals surface area (Å²) < 4.78 is 15.9. The Kier molecular flexibility index (Phi) is 4.57. The van der Waals surface area contributed by atoms with Crippen LogP contribution in [-0.2, 0) is 13.1 Å². The number of fused-ring (bicyclic) bond motifs is 3. The molecule has 0 bridgehead atoms. The second-order valence-corrected chi connectivity index (χ2v) is 8.31. The molecule has 0 aliphatic carbocycles. The lowest BCUT2D eigenvalue weighted by atomic mass is 10.00. The van der Waals surface area contributed by atoms with E-state index in [0.717, 1.165) is 11.1 Å². The van der Waals surface area contributed by atoms with Crippen molar-refractivity contribution in [2.24, 2.45) is 5.92 Å².